The summed E-state index contributed by atoms with van der Waals surface area (Å²) in [4.78, 5) is 11.0. The van der Waals surface area contributed by atoms with Crippen molar-refractivity contribution in [2.24, 2.45) is 0 Å². The number of benzene rings is 1. The number of amides is 1. The molecule has 14 heavy (non-hydrogen) atoms. The number of nitriles is 1. The zero-order valence-electron chi connectivity index (χ0n) is 7.63. The van der Waals surface area contributed by atoms with Crippen molar-refractivity contribution in [3.05, 3.63) is 23.3 Å². The molecule has 0 aliphatic carbocycles. The van der Waals surface area contributed by atoms with Gasteiger partial charge in [-0.3, -0.25) is 4.79 Å². The second-order valence-electron chi connectivity index (χ2n) is 3.12. The SMILES string of the molecule is Cc1cc(C#N)cc2c1OCC(=O)N2. The van der Waals surface area contributed by atoms with Crippen LogP contribution in [0.4, 0.5) is 5.69 Å². The Kier molecular flexibility index (Phi) is 1.86. The average Bonchev–Trinajstić information content (AvgIpc) is 2.16. The van der Waals surface area contributed by atoms with Crippen molar-refractivity contribution in [1.29, 1.82) is 5.26 Å². The molecular formula is C10H8N2O2. The fourth-order valence-corrected chi connectivity index (χ4v) is 1.45. The number of fused-ring (bicyclic) bond motifs is 1. The van der Waals surface area contributed by atoms with Crippen LogP contribution in [0.2, 0.25) is 0 Å². The molecule has 4 nitrogen and oxygen atoms in total. The first-order valence-electron chi connectivity index (χ1n) is 4.18. The monoisotopic (exact) mass is 188 g/mol. The van der Waals surface area contributed by atoms with E-state index in [9.17, 15) is 4.79 Å². The van der Waals surface area contributed by atoms with Gasteiger partial charge in [-0.15, -0.1) is 0 Å². The van der Waals surface area contributed by atoms with Crippen LogP contribution in [0.15, 0.2) is 12.1 Å². The minimum absolute atomic E-state index is 0.0414. The van der Waals surface area contributed by atoms with Crippen molar-refractivity contribution in [3.63, 3.8) is 0 Å². The summed E-state index contributed by atoms with van der Waals surface area (Å²) in [6, 6.07) is 5.37. The number of nitrogens with zero attached hydrogens (tertiary/aromatic N) is 1. The molecule has 0 saturated heterocycles. The predicted octanol–water partition coefficient (Wildman–Crippen LogP) is 1.20. The van der Waals surface area contributed by atoms with Gasteiger partial charge in [-0.1, -0.05) is 0 Å². The minimum Gasteiger partial charge on any atom is -0.481 e. The summed E-state index contributed by atoms with van der Waals surface area (Å²) in [7, 11) is 0. The van der Waals surface area contributed by atoms with E-state index in [1.165, 1.54) is 0 Å². The Morgan fingerprint density at radius 1 is 1.57 bits per heavy atom. The smallest absolute Gasteiger partial charge is 0.262 e. The molecule has 1 aliphatic rings. The van der Waals surface area contributed by atoms with Crippen molar-refractivity contribution >= 4 is 11.6 Å². The van der Waals surface area contributed by atoms with Crippen LogP contribution in [0.3, 0.4) is 0 Å². The maximum Gasteiger partial charge on any atom is 0.262 e. The Balaban J connectivity index is 2.55. The molecule has 4 heteroatoms. The van der Waals surface area contributed by atoms with E-state index >= 15 is 0 Å². The highest BCUT2D eigenvalue weighted by molar-refractivity contribution is 5.96. The number of anilines is 1. The summed E-state index contributed by atoms with van der Waals surface area (Å²) in [5, 5.41) is 11.4. The van der Waals surface area contributed by atoms with E-state index in [0.29, 0.717) is 17.0 Å². The third-order valence-corrected chi connectivity index (χ3v) is 2.03. The first-order chi connectivity index (χ1) is 6.70. The average molecular weight is 188 g/mol. The first kappa shape index (κ1) is 8.57. The van der Waals surface area contributed by atoms with E-state index in [2.05, 4.69) is 5.32 Å². The van der Waals surface area contributed by atoms with Gasteiger partial charge < -0.3 is 10.1 Å². The van der Waals surface area contributed by atoms with Crippen LogP contribution >= 0.6 is 0 Å². The van der Waals surface area contributed by atoms with E-state index in [0.717, 1.165) is 5.56 Å². The highest BCUT2D eigenvalue weighted by Gasteiger charge is 2.18. The Hall–Kier alpha value is -2.02. The van der Waals surface area contributed by atoms with E-state index in [1.807, 2.05) is 13.0 Å². The largest absolute Gasteiger partial charge is 0.481 e. The summed E-state index contributed by atoms with van der Waals surface area (Å²) in [6.07, 6.45) is 0. The first-order valence-corrected chi connectivity index (χ1v) is 4.18. The summed E-state index contributed by atoms with van der Waals surface area (Å²) >= 11 is 0. The molecule has 1 N–H and O–H groups in total. The topological polar surface area (TPSA) is 62.1 Å². The van der Waals surface area contributed by atoms with Crippen molar-refractivity contribution in [1.82, 2.24) is 0 Å². The molecule has 0 aromatic heterocycles. The van der Waals surface area contributed by atoms with Gasteiger partial charge in [-0.2, -0.15) is 5.26 Å². The molecule has 0 fully saturated rings. The van der Waals surface area contributed by atoms with E-state index < -0.39 is 0 Å². The lowest BCUT2D eigenvalue weighted by Crippen LogP contribution is -2.25. The quantitative estimate of drug-likeness (QED) is 0.665. The lowest BCUT2D eigenvalue weighted by molar-refractivity contribution is -0.118. The Morgan fingerprint density at radius 3 is 3.07 bits per heavy atom. The van der Waals surface area contributed by atoms with Gasteiger partial charge >= 0.3 is 0 Å². The number of ether oxygens (including phenoxy) is 1. The van der Waals surface area contributed by atoms with Crippen molar-refractivity contribution in [3.8, 4) is 11.8 Å². The minimum atomic E-state index is -0.188. The molecular weight excluding hydrogens is 180 g/mol. The maximum absolute atomic E-state index is 11.0. The van der Waals surface area contributed by atoms with Gasteiger partial charge in [0, 0.05) is 0 Å². The zero-order valence-corrected chi connectivity index (χ0v) is 7.63. The maximum atomic E-state index is 11.0. The van der Waals surface area contributed by atoms with Crippen LogP contribution in [0.5, 0.6) is 5.75 Å². The van der Waals surface area contributed by atoms with Gasteiger partial charge in [-0.25, -0.2) is 0 Å². The number of carbonyl (C=O) groups excluding carboxylic acids is 1. The molecule has 1 aromatic carbocycles. The van der Waals surface area contributed by atoms with Crippen LogP contribution in [0, 0.1) is 18.3 Å². The Morgan fingerprint density at radius 2 is 2.36 bits per heavy atom. The molecule has 1 aliphatic heterocycles. The number of carbonyl (C=O) groups is 1. The fourth-order valence-electron chi connectivity index (χ4n) is 1.45. The van der Waals surface area contributed by atoms with Gasteiger partial charge in [0.2, 0.25) is 0 Å². The van der Waals surface area contributed by atoms with Gasteiger partial charge in [0.1, 0.15) is 5.75 Å². The van der Waals surface area contributed by atoms with Gasteiger partial charge in [0.05, 0.1) is 17.3 Å². The third kappa shape index (κ3) is 1.29. The number of hydrogen-bond acceptors (Lipinski definition) is 3. The molecule has 70 valence electrons. The predicted molar refractivity (Wildman–Crippen MR) is 50.0 cm³/mol. The molecule has 2 rings (SSSR count). The number of hydrogen-bond donors (Lipinski definition) is 1. The van der Waals surface area contributed by atoms with E-state index in [4.69, 9.17) is 10.00 Å². The van der Waals surface area contributed by atoms with Crippen molar-refractivity contribution < 1.29 is 9.53 Å². The molecule has 0 radical (unpaired) electrons. The van der Waals surface area contributed by atoms with Gasteiger partial charge in [0.15, 0.2) is 6.61 Å². The molecule has 0 spiro atoms. The third-order valence-electron chi connectivity index (χ3n) is 2.03. The number of aryl methyl sites for hydroxylation is 1. The molecule has 0 unspecified atom stereocenters. The van der Waals surface area contributed by atoms with Crippen molar-refractivity contribution in [2.45, 2.75) is 6.92 Å². The summed E-state index contributed by atoms with van der Waals surface area (Å²) in [5.41, 5.74) is 1.96. The van der Waals surface area contributed by atoms with Crippen LogP contribution in [0.1, 0.15) is 11.1 Å². The number of rotatable bonds is 0. The van der Waals surface area contributed by atoms with Crippen LogP contribution in [0.25, 0.3) is 0 Å². The lowest BCUT2D eigenvalue weighted by Gasteiger charge is -2.19. The van der Waals surface area contributed by atoms with E-state index in [1.54, 1.807) is 12.1 Å². The molecule has 1 aromatic rings. The van der Waals surface area contributed by atoms with Crippen molar-refractivity contribution in [2.75, 3.05) is 11.9 Å². The second kappa shape index (κ2) is 3.04. The van der Waals surface area contributed by atoms with Crippen LogP contribution < -0.4 is 10.1 Å². The standard InChI is InChI=1S/C10H8N2O2/c1-6-2-7(4-11)3-8-10(6)14-5-9(13)12-8/h2-3H,5H2,1H3,(H,12,13). The molecule has 1 amide bonds. The highest BCUT2D eigenvalue weighted by atomic mass is 16.5. The molecule has 0 atom stereocenters. The fraction of sp³-hybridized carbons (Fsp3) is 0.200. The summed E-state index contributed by atoms with van der Waals surface area (Å²) in [6.45, 7) is 1.89. The summed E-state index contributed by atoms with van der Waals surface area (Å²) in [5.74, 6) is 0.468. The zero-order chi connectivity index (χ0) is 10.1. The van der Waals surface area contributed by atoms with Gasteiger partial charge in [0.25, 0.3) is 5.91 Å². The molecule has 1 heterocycles. The number of nitrogens with one attached hydrogen (secondary N) is 1. The Bertz CT molecular complexity index is 446. The molecule has 0 bridgehead atoms. The highest BCUT2D eigenvalue weighted by Crippen LogP contribution is 2.32. The van der Waals surface area contributed by atoms with E-state index in [-0.39, 0.29) is 12.5 Å². The normalized spacial score (nSPS) is 13.6. The Labute approximate surface area is 81.1 Å². The summed E-state index contributed by atoms with van der Waals surface area (Å²) < 4.78 is 5.24. The second-order valence-corrected chi connectivity index (χ2v) is 3.12. The van der Waals surface area contributed by atoms with Gasteiger partial charge in [-0.05, 0) is 24.6 Å². The van der Waals surface area contributed by atoms with Crippen LogP contribution in [-0.4, -0.2) is 12.5 Å². The lowest BCUT2D eigenvalue weighted by atomic mass is 10.1. The molecule has 0 saturated carbocycles. The van der Waals surface area contributed by atoms with Crippen LogP contribution in [-0.2, 0) is 4.79 Å².